The van der Waals surface area contributed by atoms with Crippen LogP contribution < -0.4 is 0 Å². The largest absolute Gasteiger partial charge is 0.127 e. The molecule has 20 heavy (non-hydrogen) atoms. The molecule has 2 rings (SSSR count). The molecule has 0 atom stereocenters. The molecule has 0 N–H and O–H groups in total. The summed E-state index contributed by atoms with van der Waals surface area (Å²) in [4.78, 5) is 2.68. The first-order chi connectivity index (χ1) is 9.88. The molecule has 0 aliphatic rings. The summed E-state index contributed by atoms with van der Waals surface area (Å²) in [6.45, 7) is 0. The van der Waals surface area contributed by atoms with Gasteiger partial charge in [0, 0.05) is 15.7 Å². The first-order valence-corrected chi connectivity index (χ1v) is 9.17. The number of rotatable bonds is 8. The zero-order chi connectivity index (χ0) is 14.0. The van der Waals surface area contributed by atoms with E-state index < -0.39 is 0 Å². The van der Waals surface area contributed by atoms with E-state index in [1.54, 1.807) is 0 Å². The Labute approximate surface area is 135 Å². The molecule has 0 aliphatic carbocycles. The summed E-state index contributed by atoms with van der Waals surface area (Å²) in [5.74, 6) is 0.763. The van der Waals surface area contributed by atoms with Crippen LogP contribution in [0.3, 0.4) is 0 Å². The third kappa shape index (κ3) is 5.82. The summed E-state index contributed by atoms with van der Waals surface area (Å²) in [7, 11) is 0. The van der Waals surface area contributed by atoms with Crippen LogP contribution in [0.2, 0.25) is 0 Å². The average Bonchev–Trinajstić information content (AvgIpc) is 2.49. The van der Waals surface area contributed by atoms with E-state index in [4.69, 9.17) is 11.6 Å². The summed E-state index contributed by atoms with van der Waals surface area (Å²) in [6, 6.07) is 21.3. The number of hydrogen-bond donors (Lipinski definition) is 0. The van der Waals surface area contributed by atoms with Crippen LogP contribution in [0, 0.1) is 0 Å². The van der Waals surface area contributed by atoms with Gasteiger partial charge in [0.05, 0.1) is 4.58 Å². The van der Waals surface area contributed by atoms with Gasteiger partial charge in [0.1, 0.15) is 0 Å². The van der Waals surface area contributed by atoms with Gasteiger partial charge in [0.25, 0.3) is 0 Å². The highest BCUT2D eigenvalue weighted by atomic mass is 35.5. The van der Waals surface area contributed by atoms with Gasteiger partial charge < -0.3 is 0 Å². The van der Waals surface area contributed by atoms with Crippen molar-refractivity contribution in [2.24, 2.45) is 0 Å². The van der Waals surface area contributed by atoms with Crippen LogP contribution in [0.25, 0.3) is 0 Å². The van der Waals surface area contributed by atoms with E-state index in [2.05, 4.69) is 60.7 Å². The second-order valence-electron chi connectivity index (χ2n) is 4.48. The smallest absolute Gasteiger partial charge is 0.0596 e. The molecule has 2 aromatic carbocycles. The van der Waals surface area contributed by atoms with Gasteiger partial charge in [-0.05, 0) is 37.1 Å². The minimum atomic E-state index is 0.544. The maximum atomic E-state index is 5.79. The lowest BCUT2D eigenvalue weighted by Gasteiger charge is -2.16. The molecule has 0 unspecified atom stereocenters. The number of unbranched alkanes of at least 4 members (excludes halogenated alkanes) is 1. The summed E-state index contributed by atoms with van der Waals surface area (Å²) >= 11 is 9.70. The summed E-state index contributed by atoms with van der Waals surface area (Å²) in [5, 5.41) is 0. The Kier molecular flexibility index (Phi) is 7.42. The first kappa shape index (κ1) is 15.8. The predicted octanol–water partition coefficient (Wildman–Crippen LogP) is 6.31. The number of halogens is 1. The topological polar surface area (TPSA) is 0 Å². The molecule has 0 amide bonds. The number of thioether (sulfide) groups is 2. The van der Waals surface area contributed by atoms with Gasteiger partial charge in [0.2, 0.25) is 0 Å². The van der Waals surface area contributed by atoms with Gasteiger partial charge in [-0.25, -0.2) is 0 Å². The second-order valence-corrected chi connectivity index (χ2v) is 7.70. The highest BCUT2D eigenvalue weighted by molar-refractivity contribution is 8.17. The minimum absolute atomic E-state index is 0.544. The fourth-order valence-electron chi connectivity index (χ4n) is 1.85. The molecule has 0 bridgehead atoms. The molecule has 2 aromatic rings. The SMILES string of the molecule is ClCCCCC(Sc1ccccc1)Sc1ccccc1. The van der Waals surface area contributed by atoms with Gasteiger partial charge in [0.15, 0.2) is 0 Å². The molecule has 0 heterocycles. The molecule has 0 saturated carbocycles. The Morgan fingerprint density at radius 3 is 1.70 bits per heavy atom. The third-order valence-electron chi connectivity index (χ3n) is 2.84. The van der Waals surface area contributed by atoms with Crippen molar-refractivity contribution in [3.8, 4) is 0 Å². The van der Waals surface area contributed by atoms with E-state index in [1.807, 2.05) is 23.5 Å². The molecule has 0 radical (unpaired) electrons. The Balaban J connectivity index is 1.96. The maximum Gasteiger partial charge on any atom is 0.0596 e. The second kappa shape index (κ2) is 9.38. The predicted molar refractivity (Wildman–Crippen MR) is 93.0 cm³/mol. The van der Waals surface area contributed by atoms with Crippen LogP contribution in [0.15, 0.2) is 70.5 Å². The van der Waals surface area contributed by atoms with Crippen LogP contribution in [-0.4, -0.2) is 10.5 Å². The van der Waals surface area contributed by atoms with E-state index in [9.17, 15) is 0 Å². The molecular weight excluding hydrogens is 304 g/mol. The zero-order valence-electron chi connectivity index (χ0n) is 11.4. The van der Waals surface area contributed by atoms with Gasteiger partial charge in [-0.1, -0.05) is 42.8 Å². The normalized spacial score (nSPS) is 10.9. The number of alkyl halides is 1. The van der Waals surface area contributed by atoms with Gasteiger partial charge in [-0.3, -0.25) is 0 Å². The Bertz CT molecular complexity index is 431. The van der Waals surface area contributed by atoms with Crippen LogP contribution in [-0.2, 0) is 0 Å². The van der Waals surface area contributed by atoms with E-state index in [-0.39, 0.29) is 0 Å². The number of benzene rings is 2. The molecule has 0 nitrogen and oxygen atoms in total. The van der Waals surface area contributed by atoms with Crippen molar-refractivity contribution in [2.45, 2.75) is 33.6 Å². The van der Waals surface area contributed by atoms with Crippen LogP contribution >= 0.6 is 35.1 Å². The fraction of sp³-hybridized carbons (Fsp3) is 0.294. The van der Waals surface area contributed by atoms with Gasteiger partial charge in [-0.15, -0.1) is 35.1 Å². The molecule has 0 saturated heterocycles. The lowest BCUT2D eigenvalue weighted by atomic mass is 10.3. The van der Waals surface area contributed by atoms with Crippen LogP contribution in [0.4, 0.5) is 0 Å². The number of hydrogen-bond acceptors (Lipinski definition) is 2. The van der Waals surface area contributed by atoms with Gasteiger partial charge in [-0.2, -0.15) is 0 Å². The summed E-state index contributed by atoms with van der Waals surface area (Å²) < 4.78 is 0.544. The van der Waals surface area contributed by atoms with Crippen molar-refractivity contribution in [1.82, 2.24) is 0 Å². The van der Waals surface area contributed by atoms with E-state index in [1.165, 1.54) is 22.6 Å². The molecular formula is C17H19ClS2. The average molecular weight is 323 g/mol. The first-order valence-electron chi connectivity index (χ1n) is 6.88. The summed E-state index contributed by atoms with van der Waals surface area (Å²) in [6.07, 6.45) is 3.47. The molecule has 0 spiro atoms. The van der Waals surface area contributed by atoms with Crippen LogP contribution in [0.1, 0.15) is 19.3 Å². The van der Waals surface area contributed by atoms with Crippen LogP contribution in [0.5, 0.6) is 0 Å². The molecule has 0 fully saturated rings. The Morgan fingerprint density at radius 1 is 0.750 bits per heavy atom. The molecule has 0 aliphatic heterocycles. The quantitative estimate of drug-likeness (QED) is 0.242. The molecule has 0 aromatic heterocycles. The van der Waals surface area contributed by atoms with E-state index >= 15 is 0 Å². The van der Waals surface area contributed by atoms with Crippen molar-refractivity contribution in [3.63, 3.8) is 0 Å². The van der Waals surface area contributed by atoms with Crippen molar-refractivity contribution in [1.29, 1.82) is 0 Å². The standard InChI is InChI=1S/C17H19ClS2/c18-14-8-7-13-17(19-15-9-3-1-4-10-15)20-16-11-5-2-6-12-16/h1-6,9-12,17H,7-8,13-14H2. The lowest BCUT2D eigenvalue weighted by Crippen LogP contribution is -1.97. The van der Waals surface area contributed by atoms with Crippen molar-refractivity contribution in [3.05, 3.63) is 60.7 Å². The Morgan fingerprint density at radius 2 is 1.25 bits per heavy atom. The van der Waals surface area contributed by atoms with Crippen molar-refractivity contribution < 1.29 is 0 Å². The molecule has 3 heteroatoms. The summed E-state index contributed by atoms with van der Waals surface area (Å²) in [5.41, 5.74) is 0. The Hall–Kier alpha value is -0.570. The highest BCUT2D eigenvalue weighted by Crippen LogP contribution is 2.38. The maximum absolute atomic E-state index is 5.79. The van der Waals surface area contributed by atoms with E-state index in [0.717, 1.165) is 12.3 Å². The third-order valence-corrected chi connectivity index (χ3v) is 5.78. The molecule has 106 valence electrons. The monoisotopic (exact) mass is 322 g/mol. The van der Waals surface area contributed by atoms with Crippen molar-refractivity contribution >= 4 is 35.1 Å². The minimum Gasteiger partial charge on any atom is -0.127 e. The van der Waals surface area contributed by atoms with E-state index in [0.29, 0.717) is 4.58 Å². The van der Waals surface area contributed by atoms with Crippen molar-refractivity contribution in [2.75, 3.05) is 5.88 Å². The lowest BCUT2D eigenvalue weighted by molar-refractivity contribution is 0.767. The fourth-order valence-corrected chi connectivity index (χ4v) is 4.70. The highest BCUT2D eigenvalue weighted by Gasteiger charge is 2.12. The van der Waals surface area contributed by atoms with Gasteiger partial charge >= 0.3 is 0 Å². The zero-order valence-corrected chi connectivity index (χ0v) is 13.8.